The van der Waals surface area contributed by atoms with Crippen molar-refractivity contribution in [2.24, 2.45) is 0 Å². The summed E-state index contributed by atoms with van der Waals surface area (Å²) in [6, 6.07) is 5.09. The zero-order valence-corrected chi connectivity index (χ0v) is 9.56. The number of esters is 1. The summed E-state index contributed by atoms with van der Waals surface area (Å²) >= 11 is 0. The van der Waals surface area contributed by atoms with E-state index in [1.807, 2.05) is 0 Å². The van der Waals surface area contributed by atoms with Crippen LogP contribution in [0.2, 0.25) is 0 Å². The molecule has 0 aliphatic heterocycles. The van der Waals surface area contributed by atoms with Crippen molar-refractivity contribution in [2.75, 3.05) is 0 Å². The summed E-state index contributed by atoms with van der Waals surface area (Å²) in [6.45, 7) is 2.74. The van der Waals surface area contributed by atoms with Crippen LogP contribution in [-0.4, -0.2) is 24.3 Å². The summed E-state index contributed by atoms with van der Waals surface area (Å²) in [4.78, 5) is 22.4. The van der Waals surface area contributed by atoms with E-state index in [1.165, 1.54) is 24.6 Å². The number of hydrogen-bond donors (Lipinski definition) is 0. The molecule has 0 spiro atoms. The van der Waals surface area contributed by atoms with E-state index in [-0.39, 0.29) is 5.91 Å². The average Bonchev–Trinajstić information content (AvgIpc) is 2.55. The minimum Gasteiger partial charge on any atom is -0.424 e. The van der Waals surface area contributed by atoms with Gasteiger partial charge in [-0.15, -0.1) is 0 Å². The third-order valence-electron chi connectivity index (χ3n) is 2.39. The summed E-state index contributed by atoms with van der Waals surface area (Å²) in [5, 5.41) is 0.685. The Hall–Kier alpha value is -2.04. The predicted octanol–water partition coefficient (Wildman–Crippen LogP) is 1.02. The molecule has 1 heterocycles. The second-order valence-corrected chi connectivity index (χ2v) is 3.75. The number of nitrogens with zero attached hydrogens (tertiary/aromatic N) is 1. The molecule has 0 saturated carbocycles. The molecule has 2 rings (SSSR count). The summed E-state index contributed by atoms with van der Waals surface area (Å²) in [5.41, 5.74) is 1.18. The maximum absolute atomic E-state index is 11.5. The third-order valence-corrected chi connectivity index (χ3v) is 2.39. The zero-order valence-electron chi connectivity index (χ0n) is 9.56. The highest BCUT2D eigenvalue weighted by Crippen LogP contribution is 2.27. The first-order valence-corrected chi connectivity index (χ1v) is 5.09. The largest absolute Gasteiger partial charge is 0.424 e. The summed E-state index contributed by atoms with van der Waals surface area (Å²) in [6.07, 6.45) is 1.49. The van der Waals surface area contributed by atoms with Crippen LogP contribution in [0.4, 0.5) is 0 Å². The topological polar surface area (TPSA) is 48.3 Å². The van der Waals surface area contributed by atoms with Gasteiger partial charge in [-0.2, -0.15) is 0 Å². The van der Waals surface area contributed by atoms with Gasteiger partial charge in [-0.1, -0.05) is 11.5 Å². The lowest BCUT2D eigenvalue weighted by atomic mass is 9.95. The van der Waals surface area contributed by atoms with E-state index in [2.05, 4.69) is 0 Å². The van der Waals surface area contributed by atoms with Gasteiger partial charge >= 0.3 is 5.97 Å². The molecule has 0 amide bonds. The molecule has 84 valence electrons. The Morgan fingerprint density at radius 1 is 1.29 bits per heavy atom. The maximum atomic E-state index is 11.5. The molecule has 1 aromatic heterocycles. The molecule has 4 nitrogen and oxygen atoms in total. The second-order valence-electron chi connectivity index (χ2n) is 3.75. The highest BCUT2D eigenvalue weighted by molar-refractivity contribution is 6.33. The van der Waals surface area contributed by atoms with Crippen molar-refractivity contribution in [2.45, 2.75) is 13.8 Å². The van der Waals surface area contributed by atoms with Gasteiger partial charge in [0.1, 0.15) is 7.85 Å². The van der Waals surface area contributed by atoms with Crippen molar-refractivity contribution in [1.29, 1.82) is 0 Å². The predicted molar refractivity (Wildman–Crippen MR) is 64.9 cm³/mol. The van der Waals surface area contributed by atoms with Crippen LogP contribution in [0.25, 0.3) is 10.9 Å². The number of hydrogen-bond acceptors (Lipinski definition) is 3. The van der Waals surface area contributed by atoms with Gasteiger partial charge in [0.25, 0.3) is 0 Å². The van der Waals surface area contributed by atoms with Crippen molar-refractivity contribution in [1.82, 2.24) is 4.57 Å². The Morgan fingerprint density at radius 2 is 2.00 bits per heavy atom. The van der Waals surface area contributed by atoms with E-state index in [0.717, 1.165) is 0 Å². The highest BCUT2D eigenvalue weighted by atomic mass is 16.5. The minimum atomic E-state index is -0.426. The first-order chi connectivity index (χ1) is 7.99. The number of ether oxygens (including phenoxy) is 1. The maximum Gasteiger partial charge on any atom is 0.308 e. The molecule has 2 radical (unpaired) electrons. The highest BCUT2D eigenvalue weighted by Gasteiger charge is 2.13. The monoisotopic (exact) mass is 227 g/mol. The van der Waals surface area contributed by atoms with Gasteiger partial charge in [-0.25, -0.2) is 0 Å². The number of benzene rings is 1. The van der Waals surface area contributed by atoms with Crippen LogP contribution in [0, 0.1) is 0 Å². The quantitative estimate of drug-likeness (QED) is 0.539. The Morgan fingerprint density at radius 3 is 2.59 bits per heavy atom. The smallest absolute Gasteiger partial charge is 0.308 e. The van der Waals surface area contributed by atoms with Crippen molar-refractivity contribution in [3.05, 3.63) is 24.4 Å². The molecular formula is C12H10BNO3. The fourth-order valence-corrected chi connectivity index (χ4v) is 1.71. The lowest BCUT2D eigenvalue weighted by molar-refractivity contribution is -0.131. The Kier molecular flexibility index (Phi) is 2.75. The Labute approximate surface area is 99.6 Å². The summed E-state index contributed by atoms with van der Waals surface area (Å²) < 4.78 is 6.45. The van der Waals surface area contributed by atoms with E-state index in [4.69, 9.17) is 12.6 Å². The van der Waals surface area contributed by atoms with E-state index < -0.39 is 5.97 Å². The van der Waals surface area contributed by atoms with Gasteiger partial charge in [0, 0.05) is 19.2 Å². The van der Waals surface area contributed by atoms with Crippen LogP contribution in [0.3, 0.4) is 0 Å². The van der Waals surface area contributed by atoms with Gasteiger partial charge in [0.05, 0.1) is 11.7 Å². The molecule has 0 aliphatic rings. The molecular weight excluding hydrogens is 217 g/mol. The van der Waals surface area contributed by atoms with E-state index in [0.29, 0.717) is 22.1 Å². The summed E-state index contributed by atoms with van der Waals surface area (Å²) in [5.74, 6) is -0.230. The van der Waals surface area contributed by atoms with Crippen molar-refractivity contribution < 1.29 is 14.3 Å². The molecule has 0 unspecified atom stereocenters. The first-order valence-electron chi connectivity index (χ1n) is 5.09. The van der Waals surface area contributed by atoms with Crippen molar-refractivity contribution in [3.63, 3.8) is 0 Å². The Bertz CT molecular complexity index is 615. The van der Waals surface area contributed by atoms with E-state index in [1.54, 1.807) is 18.2 Å². The molecule has 1 aromatic carbocycles. The van der Waals surface area contributed by atoms with Gasteiger partial charge in [-0.05, 0) is 12.1 Å². The standard InChI is InChI=1S/C12H10BNO3/c1-7(15)14-6-12(17-8(2)16)10-4-3-9(13)5-11(10)14/h3-6H,1-2H3. The molecule has 5 heteroatoms. The number of fused-ring (bicyclic) bond motifs is 1. The van der Waals surface area contributed by atoms with E-state index >= 15 is 0 Å². The molecule has 0 atom stereocenters. The SMILES string of the molecule is [B]c1ccc2c(OC(C)=O)cn(C(C)=O)c2c1. The normalized spacial score (nSPS) is 10.5. The lowest BCUT2D eigenvalue weighted by Crippen LogP contribution is -2.06. The number of carbonyl (C=O) groups is 2. The molecule has 0 aliphatic carbocycles. The third kappa shape index (κ3) is 2.09. The molecule has 17 heavy (non-hydrogen) atoms. The van der Waals surface area contributed by atoms with Crippen LogP contribution in [0.15, 0.2) is 24.4 Å². The van der Waals surface area contributed by atoms with Gasteiger partial charge < -0.3 is 4.74 Å². The van der Waals surface area contributed by atoms with E-state index in [9.17, 15) is 9.59 Å². The zero-order chi connectivity index (χ0) is 12.6. The number of aromatic nitrogens is 1. The number of carbonyl (C=O) groups excluding carboxylic acids is 2. The van der Waals surface area contributed by atoms with Crippen LogP contribution in [0.5, 0.6) is 5.75 Å². The molecule has 0 N–H and O–H groups in total. The van der Waals surface area contributed by atoms with Crippen molar-refractivity contribution in [3.8, 4) is 5.75 Å². The Balaban J connectivity index is 2.70. The lowest BCUT2D eigenvalue weighted by Gasteiger charge is -1.99. The van der Waals surface area contributed by atoms with Crippen LogP contribution < -0.4 is 10.2 Å². The van der Waals surface area contributed by atoms with Crippen LogP contribution in [-0.2, 0) is 4.79 Å². The van der Waals surface area contributed by atoms with Gasteiger partial charge in [0.2, 0.25) is 5.91 Å². The molecule has 0 bridgehead atoms. The summed E-state index contributed by atoms with van der Waals surface area (Å²) in [7, 11) is 5.67. The first kappa shape index (κ1) is 11.5. The van der Waals surface area contributed by atoms with Gasteiger partial charge in [0.15, 0.2) is 5.75 Å². The fourth-order valence-electron chi connectivity index (χ4n) is 1.71. The minimum absolute atomic E-state index is 0.168. The van der Waals surface area contributed by atoms with Crippen molar-refractivity contribution >= 4 is 36.1 Å². The number of rotatable bonds is 1. The second kappa shape index (κ2) is 4.09. The molecule has 2 aromatic rings. The van der Waals surface area contributed by atoms with Crippen LogP contribution in [0.1, 0.15) is 18.6 Å². The molecule has 0 fully saturated rings. The van der Waals surface area contributed by atoms with Gasteiger partial charge in [-0.3, -0.25) is 14.2 Å². The van der Waals surface area contributed by atoms with Crippen LogP contribution >= 0.6 is 0 Å². The average molecular weight is 227 g/mol. The molecule has 0 saturated heterocycles. The fraction of sp³-hybridized carbons (Fsp3) is 0.167.